The molecule has 2 heterocycles. The van der Waals surface area contributed by atoms with Gasteiger partial charge in [0, 0.05) is 0 Å². The first kappa shape index (κ1) is 13.9. The Morgan fingerprint density at radius 2 is 1.95 bits per heavy atom. The highest BCUT2D eigenvalue weighted by atomic mass is 35.5. The zero-order valence-corrected chi connectivity index (χ0v) is 12.1. The second kappa shape index (κ2) is 5.35. The van der Waals surface area contributed by atoms with Crippen LogP contribution in [0.25, 0.3) is 0 Å². The number of anilines is 1. The van der Waals surface area contributed by atoms with Crippen LogP contribution in [0.2, 0.25) is 10.2 Å². The van der Waals surface area contributed by atoms with Gasteiger partial charge in [-0.1, -0.05) is 35.3 Å². The molecule has 0 atom stereocenters. The van der Waals surface area contributed by atoms with Crippen LogP contribution in [0.5, 0.6) is 0 Å². The van der Waals surface area contributed by atoms with E-state index in [-0.39, 0.29) is 17.4 Å². The van der Waals surface area contributed by atoms with Gasteiger partial charge in [0.15, 0.2) is 5.69 Å². The summed E-state index contributed by atoms with van der Waals surface area (Å²) in [5.41, 5.74) is 1.45. The molecule has 1 aliphatic heterocycles. The van der Waals surface area contributed by atoms with Crippen LogP contribution in [-0.2, 0) is 4.79 Å². The number of hydrogen-bond donors (Lipinski definition) is 1. The fourth-order valence-corrected chi connectivity index (χ4v) is 2.52. The molecule has 1 aromatic heterocycles. The molecule has 106 valence electrons. The number of nitrogens with zero attached hydrogens (tertiary/aromatic N) is 2. The zero-order chi connectivity index (χ0) is 15.0. The van der Waals surface area contributed by atoms with Crippen molar-refractivity contribution in [1.29, 1.82) is 0 Å². The number of nitrogens with one attached hydrogen (secondary N) is 1. The van der Waals surface area contributed by atoms with Crippen LogP contribution in [-0.4, -0.2) is 27.9 Å². The molecule has 0 bridgehead atoms. The summed E-state index contributed by atoms with van der Waals surface area (Å²) < 4.78 is 0.575. The minimum absolute atomic E-state index is 0.219. The van der Waals surface area contributed by atoms with E-state index in [4.69, 9.17) is 23.2 Å². The van der Waals surface area contributed by atoms with Crippen LogP contribution in [0.4, 0.5) is 5.69 Å². The van der Waals surface area contributed by atoms with Crippen molar-refractivity contribution in [3.05, 3.63) is 63.0 Å². The topological polar surface area (TPSA) is 68.1 Å². The Balaban J connectivity index is 2.31. The monoisotopic (exact) mass is 321 g/mol. The van der Waals surface area contributed by atoms with Gasteiger partial charge in [0.2, 0.25) is 12.3 Å². The van der Waals surface area contributed by atoms with Gasteiger partial charge in [-0.25, -0.2) is 4.98 Å². The van der Waals surface area contributed by atoms with Crippen molar-refractivity contribution in [2.24, 2.45) is 0 Å². The van der Waals surface area contributed by atoms with E-state index in [2.05, 4.69) is 10.3 Å². The zero-order valence-electron chi connectivity index (χ0n) is 10.6. The predicted octanol–water partition coefficient (Wildman–Crippen LogP) is 2.69. The van der Waals surface area contributed by atoms with E-state index in [1.165, 1.54) is 0 Å². The van der Waals surface area contributed by atoms with Gasteiger partial charge in [0.25, 0.3) is 5.91 Å². The molecule has 0 saturated carbocycles. The lowest BCUT2D eigenvalue weighted by Gasteiger charge is -2.10. The molecule has 5 nitrogen and oxygen atoms in total. The highest BCUT2D eigenvalue weighted by Crippen LogP contribution is 2.26. The number of benzene rings is 1. The number of carbonyl (C=O) groups is 1. The van der Waals surface area contributed by atoms with E-state index in [1.807, 2.05) is 0 Å². The van der Waals surface area contributed by atoms with Crippen molar-refractivity contribution in [3.63, 3.8) is 0 Å². The molecule has 0 fully saturated rings. The fraction of sp³-hybridized carbons (Fsp3) is 0.0714. The van der Waals surface area contributed by atoms with Crippen molar-refractivity contribution in [1.82, 2.24) is 4.98 Å². The van der Waals surface area contributed by atoms with Gasteiger partial charge in [-0.15, -0.1) is 0 Å². The lowest BCUT2D eigenvalue weighted by Crippen LogP contribution is -2.24. The molecule has 0 radical (unpaired) electrons. The highest BCUT2D eigenvalue weighted by Gasteiger charge is 2.29. The Morgan fingerprint density at radius 1 is 1.19 bits per heavy atom. The molecule has 2 aromatic rings. The normalized spacial score (nSPS) is 14.5. The van der Waals surface area contributed by atoms with Gasteiger partial charge >= 0.3 is 0 Å². The molecule has 3 rings (SSSR count). The first-order valence-corrected chi connectivity index (χ1v) is 6.85. The summed E-state index contributed by atoms with van der Waals surface area (Å²) in [6, 6.07) is 10.0. The Hall–Kier alpha value is -2.11. The van der Waals surface area contributed by atoms with Crippen LogP contribution in [0.1, 0.15) is 11.3 Å². The summed E-state index contributed by atoms with van der Waals surface area (Å²) in [6.07, 6.45) is 0. The second-order valence-electron chi connectivity index (χ2n) is 4.44. The molecule has 0 unspecified atom stereocenters. The first-order chi connectivity index (χ1) is 10.1. The third-order valence-electron chi connectivity index (χ3n) is 3.03. The van der Waals surface area contributed by atoms with E-state index < -0.39 is 5.91 Å². The molecule has 1 aliphatic rings. The molecule has 0 spiro atoms. The van der Waals surface area contributed by atoms with Gasteiger partial charge in [-0.3, -0.25) is 4.79 Å². The van der Waals surface area contributed by atoms with Crippen LogP contribution >= 0.6 is 23.2 Å². The average molecular weight is 322 g/mol. The second-order valence-corrected chi connectivity index (χ2v) is 5.24. The van der Waals surface area contributed by atoms with E-state index >= 15 is 0 Å². The number of fused-ring (bicyclic) bond motifs is 1. The van der Waals surface area contributed by atoms with Crippen molar-refractivity contribution < 1.29 is 9.53 Å². The fourth-order valence-electron chi connectivity index (χ4n) is 2.15. The summed E-state index contributed by atoms with van der Waals surface area (Å²) >= 11 is 12.1. The summed E-state index contributed by atoms with van der Waals surface area (Å²) in [5.74, 6) is -0.419. The Morgan fingerprint density at radius 3 is 2.71 bits per heavy atom. The van der Waals surface area contributed by atoms with Crippen molar-refractivity contribution in [3.8, 4) is 0 Å². The predicted molar refractivity (Wildman–Crippen MR) is 81.0 cm³/mol. The Labute approximate surface area is 130 Å². The number of halogens is 2. The van der Waals surface area contributed by atoms with Crippen molar-refractivity contribution >= 4 is 40.5 Å². The number of hydroxylamine groups is 1. The van der Waals surface area contributed by atoms with Gasteiger partial charge in [-0.05, 0) is 24.3 Å². The molecule has 0 aliphatic carbocycles. The quantitative estimate of drug-likeness (QED) is 0.499. The molecular weight excluding hydrogens is 313 g/mol. The van der Waals surface area contributed by atoms with Crippen LogP contribution in [0.15, 0.2) is 36.4 Å². The highest BCUT2D eigenvalue weighted by molar-refractivity contribution is 6.35. The molecule has 21 heavy (non-hydrogen) atoms. The van der Waals surface area contributed by atoms with E-state index in [1.54, 1.807) is 36.4 Å². The van der Waals surface area contributed by atoms with Gasteiger partial charge in [0.05, 0.1) is 16.3 Å². The molecule has 0 saturated heterocycles. The molecule has 1 aromatic carbocycles. The Kier molecular flexibility index (Phi) is 3.53. The maximum Gasteiger partial charge on any atom is 0.291 e. The molecular formula is C14H9Cl2N3O2. The summed E-state index contributed by atoms with van der Waals surface area (Å²) in [5, 5.41) is 15.6. The third kappa shape index (κ3) is 2.57. The van der Waals surface area contributed by atoms with E-state index in [9.17, 15) is 10.0 Å². The van der Waals surface area contributed by atoms with E-state index in [0.29, 0.717) is 26.7 Å². The van der Waals surface area contributed by atoms with Crippen molar-refractivity contribution in [2.45, 2.75) is 0 Å². The van der Waals surface area contributed by atoms with Gasteiger partial charge in [0.1, 0.15) is 5.15 Å². The average Bonchev–Trinajstić information content (AvgIpc) is 2.55. The minimum Gasteiger partial charge on any atom is -0.623 e. The number of pyridine rings is 1. The molecule has 1 N–H and O–H groups in total. The summed E-state index contributed by atoms with van der Waals surface area (Å²) in [7, 11) is 0. The lowest BCUT2D eigenvalue weighted by atomic mass is 10.1. The SMILES string of the molecule is O=C1C[N+]([O-])=C(c2ccccc2Cl)c2nc(Cl)ccc2N1. The first-order valence-electron chi connectivity index (χ1n) is 6.09. The van der Waals surface area contributed by atoms with Crippen LogP contribution < -0.4 is 5.32 Å². The lowest BCUT2D eigenvalue weighted by molar-refractivity contribution is -0.443. The van der Waals surface area contributed by atoms with Gasteiger partial charge in [-0.2, -0.15) is 4.74 Å². The number of hydrogen-bond acceptors (Lipinski definition) is 3. The largest absolute Gasteiger partial charge is 0.623 e. The molecule has 1 amide bonds. The van der Waals surface area contributed by atoms with Gasteiger partial charge < -0.3 is 10.5 Å². The number of rotatable bonds is 1. The number of carbonyl (C=O) groups excluding carboxylic acids is 1. The smallest absolute Gasteiger partial charge is 0.291 e. The number of aromatic nitrogens is 1. The third-order valence-corrected chi connectivity index (χ3v) is 3.57. The summed E-state index contributed by atoms with van der Waals surface area (Å²) in [6.45, 7) is -0.339. The number of amides is 1. The molecule has 7 heteroatoms. The standard InChI is InChI=1S/C14H9Cl2N3O2/c15-9-4-2-1-3-8(9)14-13-10(5-6-11(16)18-13)17-12(20)7-19(14)21/h1-6H,7H2,(H,17,20). The van der Waals surface area contributed by atoms with Crippen LogP contribution in [0.3, 0.4) is 0 Å². The van der Waals surface area contributed by atoms with E-state index in [0.717, 1.165) is 0 Å². The summed E-state index contributed by atoms with van der Waals surface area (Å²) in [4.78, 5) is 15.9. The minimum atomic E-state index is -0.419. The Bertz CT molecular complexity index is 775. The maximum atomic E-state index is 12.3. The maximum absolute atomic E-state index is 12.3. The van der Waals surface area contributed by atoms with Crippen molar-refractivity contribution in [2.75, 3.05) is 11.9 Å². The van der Waals surface area contributed by atoms with Crippen LogP contribution in [0, 0.1) is 5.21 Å².